The van der Waals surface area contributed by atoms with Crippen molar-refractivity contribution in [2.24, 2.45) is 0 Å². The van der Waals surface area contributed by atoms with Gasteiger partial charge in [0.2, 0.25) is 0 Å². The van der Waals surface area contributed by atoms with Gasteiger partial charge >= 0.3 is 0 Å². The number of rotatable bonds is 5. The first-order chi connectivity index (χ1) is 15.7. The van der Waals surface area contributed by atoms with Gasteiger partial charge in [-0.2, -0.15) is 5.10 Å². The van der Waals surface area contributed by atoms with Crippen molar-refractivity contribution in [1.29, 1.82) is 0 Å². The topological polar surface area (TPSA) is 75.9 Å². The minimum absolute atomic E-state index is 0.128. The molecular weight excluding hydrogens is 400 g/mol. The monoisotopic (exact) mass is 424 g/mol. The van der Waals surface area contributed by atoms with Crippen molar-refractivity contribution in [1.82, 2.24) is 25.1 Å². The molecule has 7 nitrogen and oxygen atoms in total. The smallest absolute Gasteiger partial charge is 0.253 e. The number of aromatic nitrogens is 4. The Morgan fingerprint density at radius 1 is 1.09 bits per heavy atom. The number of hydrogen-bond acceptors (Lipinski definition) is 5. The van der Waals surface area contributed by atoms with E-state index in [0.29, 0.717) is 12.1 Å². The van der Waals surface area contributed by atoms with Crippen molar-refractivity contribution in [2.75, 3.05) is 11.4 Å². The zero-order valence-electron chi connectivity index (χ0n) is 17.9. The van der Waals surface area contributed by atoms with Crippen LogP contribution < -0.4 is 10.2 Å². The molecule has 1 aliphatic heterocycles. The van der Waals surface area contributed by atoms with Crippen LogP contribution in [-0.4, -0.2) is 32.2 Å². The summed E-state index contributed by atoms with van der Waals surface area (Å²) in [6, 6.07) is 15.9. The molecule has 7 heteroatoms. The van der Waals surface area contributed by atoms with E-state index in [9.17, 15) is 4.79 Å². The van der Waals surface area contributed by atoms with Gasteiger partial charge in [0.25, 0.3) is 5.91 Å². The van der Waals surface area contributed by atoms with E-state index in [4.69, 9.17) is 0 Å². The molecule has 4 heterocycles. The van der Waals surface area contributed by atoms with Gasteiger partial charge in [0, 0.05) is 56.5 Å². The number of hydrogen-bond donors (Lipinski definition) is 1. The first kappa shape index (κ1) is 19.9. The lowest BCUT2D eigenvalue weighted by Gasteiger charge is -2.30. The maximum atomic E-state index is 12.7. The van der Waals surface area contributed by atoms with E-state index in [-0.39, 0.29) is 5.91 Å². The molecule has 4 aromatic rings. The van der Waals surface area contributed by atoms with Gasteiger partial charge in [0.1, 0.15) is 5.82 Å². The van der Waals surface area contributed by atoms with E-state index in [0.717, 1.165) is 47.8 Å². The van der Waals surface area contributed by atoms with Crippen LogP contribution in [0.2, 0.25) is 0 Å². The number of anilines is 1. The molecule has 3 aromatic heterocycles. The third kappa shape index (κ3) is 4.09. The number of nitrogens with zero attached hydrogens (tertiary/aromatic N) is 5. The Labute approximate surface area is 186 Å². The Bertz CT molecular complexity index is 1230. The van der Waals surface area contributed by atoms with E-state index in [2.05, 4.69) is 31.3 Å². The Morgan fingerprint density at radius 2 is 1.97 bits per heavy atom. The van der Waals surface area contributed by atoms with Crippen molar-refractivity contribution in [2.45, 2.75) is 26.4 Å². The van der Waals surface area contributed by atoms with Gasteiger partial charge in [0.05, 0.1) is 11.3 Å². The highest BCUT2D eigenvalue weighted by Gasteiger charge is 2.20. The molecule has 0 spiro atoms. The average Bonchev–Trinajstić information content (AvgIpc) is 3.37. The lowest BCUT2D eigenvalue weighted by molar-refractivity contribution is 0.0950. The van der Waals surface area contributed by atoms with Gasteiger partial charge in [0.15, 0.2) is 0 Å². The van der Waals surface area contributed by atoms with E-state index in [1.165, 1.54) is 5.56 Å². The number of carbonyl (C=O) groups is 1. The van der Waals surface area contributed by atoms with E-state index in [1.54, 1.807) is 17.1 Å². The molecule has 0 unspecified atom stereocenters. The van der Waals surface area contributed by atoms with Crippen LogP contribution in [0, 0.1) is 6.92 Å². The second-order valence-electron chi connectivity index (χ2n) is 7.95. The third-order valence-corrected chi connectivity index (χ3v) is 5.73. The third-order valence-electron chi connectivity index (χ3n) is 5.73. The number of aryl methyl sites for hydroxylation is 1. The predicted molar refractivity (Wildman–Crippen MR) is 123 cm³/mol. The first-order valence-corrected chi connectivity index (χ1v) is 10.7. The fourth-order valence-corrected chi connectivity index (χ4v) is 4.04. The average molecular weight is 425 g/mol. The molecule has 5 rings (SSSR count). The Kier molecular flexibility index (Phi) is 5.37. The highest BCUT2D eigenvalue weighted by Crippen LogP contribution is 2.25. The number of benzene rings is 1. The highest BCUT2D eigenvalue weighted by molar-refractivity contribution is 5.94. The van der Waals surface area contributed by atoms with Crippen molar-refractivity contribution < 1.29 is 4.79 Å². The SMILES string of the molecule is Cc1cc(C(=O)NCc2ccc(-n3cccn3)cc2)cnc1N1CCc2ncccc2C1. The van der Waals surface area contributed by atoms with E-state index >= 15 is 0 Å². The summed E-state index contributed by atoms with van der Waals surface area (Å²) in [6.45, 7) is 4.12. The van der Waals surface area contributed by atoms with Crippen LogP contribution in [0.3, 0.4) is 0 Å². The molecule has 1 aliphatic rings. The molecule has 0 radical (unpaired) electrons. The van der Waals surface area contributed by atoms with Crippen molar-refractivity contribution in [3.8, 4) is 5.69 Å². The zero-order valence-corrected chi connectivity index (χ0v) is 17.9. The minimum atomic E-state index is -0.128. The fourth-order valence-electron chi connectivity index (χ4n) is 4.04. The standard InChI is InChI=1S/C25H24N6O/c1-18-14-21(16-27-24(18)30-13-9-23-20(17-30)4-2-10-26-23)25(32)28-15-19-5-7-22(8-6-19)31-12-3-11-29-31/h2-8,10-12,14,16H,9,13,15,17H2,1H3,(H,28,32). The van der Waals surface area contributed by atoms with Gasteiger partial charge in [-0.25, -0.2) is 9.67 Å². The molecule has 0 saturated heterocycles. The normalized spacial score (nSPS) is 13.0. The Morgan fingerprint density at radius 3 is 2.75 bits per heavy atom. The highest BCUT2D eigenvalue weighted by atomic mass is 16.1. The molecule has 0 fully saturated rings. The lowest BCUT2D eigenvalue weighted by Crippen LogP contribution is -2.32. The van der Waals surface area contributed by atoms with Gasteiger partial charge in [-0.1, -0.05) is 18.2 Å². The first-order valence-electron chi connectivity index (χ1n) is 10.7. The molecule has 0 atom stereocenters. The molecule has 160 valence electrons. The summed E-state index contributed by atoms with van der Waals surface area (Å²) in [4.78, 5) is 24.0. The van der Waals surface area contributed by atoms with Crippen molar-refractivity contribution >= 4 is 11.7 Å². The number of pyridine rings is 2. The second-order valence-corrected chi connectivity index (χ2v) is 7.95. The summed E-state index contributed by atoms with van der Waals surface area (Å²) in [5.41, 5.74) is 5.97. The van der Waals surface area contributed by atoms with Gasteiger partial charge in [-0.3, -0.25) is 9.78 Å². The summed E-state index contributed by atoms with van der Waals surface area (Å²) >= 11 is 0. The van der Waals surface area contributed by atoms with Crippen LogP contribution in [0.4, 0.5) is 5.82 Å². The number of nitrogens with one attached hydrogen (secondary N) is 1. The molecule has 1 aromatic carbocycles. The molecule has 0 bridgehead atoms. The van der Waals surface area contributed by atoms with Gasteiger partial charge < -0.3 is 10.2 Å². The summed E-state index contributed by atoms with van der Waals surface area (Å²) in [6.07, 6.45) is 8.06. The van der Waals surface area contributed by atoms with Crippen LogP contribution in [0.5, 0.6) is 0 Å². The molecule has 1 N–H and O–H groups in total. The van der Waals surface area contributed by atoms with Crippen molar-refractivity contribution in [3.05, 3.63) is 101 Å². The number of amides is 1. The van der Waals surface area contributed by atoms with Crippen LogP contribution in [0.15, 0.2) is 73.3 Å². The molecule has 32 heavy (non-hydrogen) atoms. The summed E-state index contributed by atoms with van der Waals surface area (Å²) in [5, 5.41) is 7.21. The van der Waals surface area contributed by atoms with Gasteiger partial charge in [-0.15, -0.1) is 0 Å². The van der Waals surface area contributed by atoms with E-state index in [1.807, 2.05) is 61.8 Å². The fraction of sp³-hybridized carbons (Fsp3) is 0.200. The maximum absolute atomic E-state index is 12.7. The van der Waals surface area contributed by atoms with Crippen LogP contribution in [0.25, 0.3) is 5.69 Å². The Hall–Kier alpha value is -4.00. The van der Waals surface area contributed by atoms with E-state index < -0.39 is 0 Å². The number of fused-ring (bicyclic) bond motifs is 1. The van der Waals surface area contributed by atoms with Crippen LogP contribution >= 0.6 is 0 Å². The predicted octanol–water partition coefficient (Wildman–Crippen LogP) is 3.46. The van der Waals surface area contributed by atoms with Crippen molar-refractivity contribution in [3.63, 3.8) is 0 Å². The zero-order chi connectivity index (χ0) is 21.9. The maximum Gasteiger partial charge on any atom is 0.253 e. The summed E-state index contributed by atoms with van der Waals surface area (Å²) < 4.78 is 1.80. The van der Waals surface area contributed by atoms with Crippen LogP contribution in [-0.2, 0) is 19.5 Å². The minimum Gasteiger partial charge on any atom is -0.352 e. The largest absolute Gasteiger partial charge is 0.352 e. The molecule has 0 saturated carbocycles. The lowest BCUT2D eigenvalue weighted by atomic mass is 10.0. The molecule has 0 aliphatic carbocycles. The summed E-state index contributed by atoms with van der Waals surface area (Å²) in [7, 11) is 0. The quantitative estimate of drug-likeness (QED) is 0.531. The van der Waals surface area contributed by atoms with Gasteiger partial charge in [-0.05, 0) is 53.9 Å². The molecular formula is C25H24N6O. The number of carbonyl (C=O) groups excluding carboxylic acids is 1. The molecule has 1 amide bonds. The Balaban J connectivity index is 1.23. The second kappa shape index (κ2) is 8.63. The summed E-state index contributed by atoms with van der Waals surface area (Å²) in [5.74, 6) is 0.793. The van der Waals surface area contributed by atoms with Crippen LogP contribution in [0.1, 0.15) is 32.7 Å².